The number of hydrogen-bond donors (Lipinski definition) is 2. The van der Waals surface area contributed by atoms with Gasteiger partial charge in [-0.05, 0) is 104 Å². The van der Waals surface area contributed by atoms with Crippen molar-refractivity contribution in [2.24, 2.45) is 0 Å². The molecule has 0 atom stereocenters. The molecule has 0 spiro atoms. The Labute approximate surface area is 250 Å². The van der Waals surface area contributed by atoms with Crippen molar-refractivity contribution in [2.75, 3.05) is 11.5 Å². The van der Waals surface area contributed by atoms with Gasteiger partial charge >= 0.3 is 0 Å². The highest BCUT2D eigenvalue weighted by molar-refractivity contribution is 5.48. The van der Waals surface area contributed by atoms with E-state index < -0.39 is 11.6 Å². The van der Waals surface area contributed by atoms with E-state index in [0.29, 0.717) is 28.8 Å². The average Bonchev–Trinajstić information content (AvgIpc) is 3.01. The van der Waals surface area contributed by atoms with E-state index in [9.17, 15) is 8.78 Å². The lowest BCUT2D eigenvalue weighted by atomic mass is 9.62. The quantitative estimate of drug-likeness (QED) is 0.189. The molecule has 0 heterocycles. The minimum absolute atomic E-state index is 0.128. The van der Waals surface area contributed by atoms with E-state index >= 15 is 0 Å². The van der Waals surface area contributed by atoms with Crippen LogP contribution in [-0.2, 0) is 5.41 Å². The normalized spacial score (nSPS) is 14.8. The van der Waals surface area contributed by atoms with Crippen LogP contribution in [0.3, 0.4) is 0 Å². The van der Waals surface area contributed by atoms with E-state index in [1.165, 1.54) is 46.5 Å². The van der Waals surface area contributed by atoms with Gasteiger partial charge < -0.3 is 20.9 Å². The van der Waals surface area contributed by atoms with Crippen LogP contribution in [0.25, 0.3) is 0 Å². The molecule has 0 amide bonds. The second-order valence-corrected chi connectivity index (χ2v) is 11.4. The number of aryl methyl sites for hydroxylation is 1. The van der Waals surface area contributed by atoms with Crippen molar-refractivity contribution in [3.8, 4) is 23.0 Å². The maximum absolute atomic E-state index is 14.4. The van der Waals surface area contributed by atoms with Gasteiger partial charge in [0, 0.05) is 28.9 Å². The van der Waals surface area contributed by atoms with Gasteiger partial charge in [-0.2, -0.15) is 0 Å². The van der Waals surface area contributed by atoms with Gasteiger partial charge in [0.1, 0.15) is 11.5 Å². The highest BCUT2D eigenvalue weighted by Gasteiger charge is 2.39. The Kier molecular flexibility index (Phi) is 7.76. The summed E-state index contributed by atoms with van der Waals surface area (Å²) in [6.45, 7) is 2.11. The third kappa shape index (κ3) is 6.05. The van der Waals surface area contributed by atoms with Gasteiger partial charge in [0.05, 0.1) is 0 Å². The maximum atomic E-state index is 14.4. The van der Waals surface area contributed by atoms with Gasteiger partial charge in [-0.3, -0.25) is 0 Å². The molecule has 4 N–H and O–H groups in total. The Morgan fingerprint density at radius 2 is 1.05 bits per heavy atom. The predicted molar refractivity (Wildman–Crippen MR) is 168 cm³/mol. The van der Waals surface area contributed by atoms with Crippen LogP contribution in [0.2, 0.25) is 0 Å². The minimum Gasteiger partial charge on any atom is -0.454 e. The first-order chi connectivity index (χ1) is 20.8. The Morgan fingerprint density at radius 3 is 1.47 bits per heavy atom. The molecule has 0 saturated heterocycles. The van der Waals surface area contributed by atoms with E-state index in [4.69, 9.17) is 20.9 Å². The largest absolute Gasteiger partial charge is 0.454 e. The molecule has 6 rings (SSSR count). The van der Waals surface area contributed by atoms with Gasteiger partial charge in [-0.1, -0.05) is 54.1 Å². The van der Waals surface area contributed by atoms with Crippen molar-refractivity contribution in [2.45, 2.75) is 43.9 Å². The Bertz CT molecular complexity index is 1610. The fraction of sp³-hybridized carbons (Fsp3) is 0.189. The topological polar surface area (TPSA) is 70.5 Å². The molecule has 0 aliphatic heterocycles. The molecule has 0 aromatic heterocycles. The SMILES string of the molecule is Cc1ccc(C2CCC(c3ccc(Oc4ccc(N)cc4F)cc3)(c3ccc(Oc4ccc(N)cc4F)cc3)CC2)cc1. The summed E-state index contributed by atoms with van der Waals surface area (Å²) in [5, 5.41) is 0. The zero-order valence-electron chi connectivity index (χ0n) is 24.0. The summed E-state index contributed by atoms with van der Waals surface area (Å²) >= 11 is 0. The summed E-state index contributed by atoms with van der Waals surface area (Å²) in [6, 6.07) is 33.5. The van der Waals surface area contributed by atoms with E-state index in [0.717, 1.165) is 25.7 Å². The van der Waals surface area contributed by atoms with Crippen molar-refractivity contribution in [1.82, 2.24) is 0 Å². The molecule has 1 saturated carbocycles. The molecule has 218 valence electrons. The van der Waals surface area contributed by atoms with Crippen molar-refractivity contribution >= 4 is 11.4 Å². The zero-order chi connectivity index (χ0) is 30.0. The summed E-state index contributed by atoms with van der Waals surface area (Å²) in [5.74, 6) is 0.829. The van der Waals surface area contributed by atoms with Crippen molar-refractivity contribution in [3.05, 3.63) is 143 Å². The number of nitrogen functional groups attached to an aromatic ring is 2. The van der Waals surface area contributed by atoms with Crippen LogP contribution < -0.4 is 20.9 Å². The summed E-state index contributed by atoms with van der Waals surface area (Å²) in [5.41, 5.74) is 16.8. The van der Waals surface area contributed by atoms with Crippen LogP contribution in [0, 0.1) is 18.6 Å². The van der Waals surface area contributed by atoms with Crippen molar-refractivity contribution in [3.63, 3.8) is 0 Å². The van der Waals surface area contributed by atoms with Gasteiger partial charge in [-0.25, -0.2) is 8.78 Å². The molecule has 0 unspecified atom stereocenters. The highest BCUT2D eigenvalue weighted by atomic mass is 19.1. The Balaban J connectivity index is 1.28. The third-order valence-corrected chi connectivity index (χ3v) is 8.57. The van der Waals surface area contributed by atoms with Crippen molar-refractivity contribution in [1.29, 1.82) is 0 Å². The number of anilines is 2. The second-order valence-electron chi connectivity index (χ2n) is 11.4. The third-order valence-electron chi connectivity index (χ3n) is 8.57. The number of halogens is 2. The number of rotatable bonds is 7. The average molecular weight is 577 g/mol. The van der Waals surface area contributed by atoms with Gasteiger partial charge in [-0.15, -0.1) is 0 Å². The van der Waals surface area contributed by atoms with Crippen LogP contribution in [-0.4, -0.2) is 0 Å². The molecule has 1 aliphatic rings. The van der Waals surface area contributed by atoms with Crippen LogP contribution in [0.1, 0.15) is 53.9 Å². The van der Waals surface area contributed by atoms with Crippen LogP contribution in [0.4, 0.5) is 20.2 Å². The Hall–Kier alpha value is -4.84. The first kappa shape index (κ1) is 28.3. The first-order valence-corrected chi connectivity index (χ1v) is 14.5. The van der Waals surface area contributed by atoms with E-state index in [1.807, 2.05) is 24.3 Å². The van der Waals surface area contributed by atoms with Gasteiger partial charge in [0.15, 0.2) is 23.1 Å². The molecular formula is C37H34F2N2O2. The van der Waals surface area contributed by atoms with Gasteiger partial charge in [0.2, 0.25) is 0 Å². The monoisotopic (exact) mass is 576 g/mol. The molecular weight excluding hydrogens is 542 g/mol. The van der Waals surface area contributed by atoms with Crippen LogP contribution in [0.5, 0.6) is 23.0 Å². The standard InChI is InChI=1S/C37H34F2N2O2/c1-24-2-4-25(5-3-24)26-18-20-37(21-19-26,27-6-12-31(13-7-27)42-35-16-10-29(40)22-33(35)38)28-8-14-32(15-9-28)43-36-17-11-30(41)23-34(36)39/h2-17,22-23,26H,18-21,40-41H2,1H3. The zero-order valence-corrected chi connectivity index (χ0v) is 24.0. The van der Waals surface area contributed by atoms with E-state index in [2.05, 4.69) is 55.5 Å². The maximum Gasteiger partial charge on any atom is 0.167 e. The van der Waals surface area contributed by atoms with Crippen LogP contribution in [0.15, 0.2) is 109 Å². The lowest BCUT2D eigenvalue weighted by molar-refractivity contribution is 0.314. The lowest BCUT2D eigenvalue weighted by Crippen LogP contribution is -2.32. The molecule has 4 nitrogen and oxygen atoms in total. The Morgan fingerprint density at radius 1 is 0.605 bits per heavy atom. The molecule has 5 aromatic carbocycles. The number of benzene rings is 5. The minimum atomic E-state index is -0.504. The summed E-state index contributed by atoms with van der Waals surface area (Å²) in [6.07, 6.45) is 3.97. The summed E-state index contributed by atoms with van der Waals surface area (Å²) in [7, 11) is 0. The lowest BCUT2D eigenvalue weighted by Gasteiger charge is -2.41. The summed E-state index contributed by atoms with van der Waals surface area (Å²) < 4.78 is 40.4. The fourth-order valence-corrected chi connectivity index (χ4v) is 6.16. The molecule has 43 heavy (non-hydrogen) atoms. The molecule has 1 aliphatic carbocycles. The van der Waals surface area contributed by atoms with Crippen LogP contribution >= 0.6 is 0 Å². The number of hydrogen-bond acceptors (Lipinski definition) is 4. The first-order valence-electron chi connectivity index (χ1n) is 14.5. The second kappa shape index (κ2) is 11.8. The molecule has 5 aromatic rings. The highest BCUT2D eigenvalue weighted by Crippen LogP contribution is 2.49. The smallest absolute Gasteiger partial charge is 0.167 e. The van der Waals surface area contributed by atoms with Gasteiger partial charge in [0.25, 0.3) is 0 Å². The number of ether oxygens (including phenoxy) is 2. The molecule has 0 bridgehead atoms. The summed E-state index contributed by atoms with van der Waals surface area (Å²) in [4.78, 5) is 0. The fourth-order valence-electron chi connectivity index (χ4n) is 6.16. The van der Waals surface area contributed by atoms with Crippen molar-refractivity contribution < 1.29 is 18.3 Å². The molecule has 0 radical (unpaired) electrons. The van der Waals surface area contributed by atoms with E-state index in [-0.39, 0.29) is 16.9 Å². The van der Waals surface area contributed by atoms with E-state index in [1.54, 1.807) is 12.1 Å². The molecule has 6 heteroatoms. The predicted octanol–water partition coefficient (Wildman–Crippen LogP) is 9.67. The number of nitrogens with two attached hydrogens (primary N) is 2. The molecule has 1 fully saturated rings.